The monoisotopic (exact) mass is 304 g/mol. The van der Waals surface area contributed by atoms with Gasteiger partial charge in [-0.1, -0.05) is 30.3 Å². The van der Waals surface area contributed by atoms with Crippen LogP contribution in [0, 0.1) is 0 Å². The highest BCUT2D eigenvalue weighted by atomic mass is 16.5. The van der Waals surface area contributed by atoms with E-state index in [-0.39, 0.29) is 0 Å². The van der Waals surface area contributed by atoms with Gasteiger partial charge >= 0.3 is 0 Å². The maximum absolute atomic E-state index is 5.79. The second-order valence-corrected chi connectivity index (χ2v) is 5.33. The number of hydrogen-bond acceptors (Lipinski definition) is 3. The van der Waals surface area contributed by atoms with Crippen molar-refractivity contribution in [2.45, 2.75) is 13.0 Å². The molecule has 0 saturated carbocycles. The summed E-state index contributed by atoms with van der Waals surface area (Å²) in [6, 6.07) is 22.4. The van der Waals surface area contributed by atoms with E-state index in [1.54, 1.807) is 0 Å². The van der Waals surface area contributed by atoms with E-state index in [1.807, 2.05) is 67.0 Å². The second-order valence-electron chi connectivity index (χ2n) is 5.33. The van der Waals surface area contributed by atoms with Crippen molar-refractivity contribution in [3.05, 3.63) is 90.3 Å². The molecule has 1 N–H and O–H groups in total. The van der Waals surface area contributed by atoms with E-state index < -0.39 is 0 Å². The number of ether oxygens (including phenoxy) is 1. The summed E-state index contributed by atoms with van der Waals surface area (Å²) in [7, 11) is 0. The number of hydrogen-bond donors (Lipinski definition) is 1. The molecule has 0 spiro atoms. The van der Waals surface area contributed by atoms with E-state index in [0.29, 0.717) is 6.61 Å². The molecular formula is C20H20N2O. The van der Waals surface area contributed by atoms with Crippen LogP contribution in [0.5, 0.6) is 5.75 Å². The van der Waals surface area contributed by atoms with Gasteiger partial charge in [0.2, 0.25) is 0 Å². The fraction of sp³-hybridized carbons (Fsp3) is 0.150. The van der Waals surface area contributed by atoms with Crippen LogP contribution >= 0.6 is 0 Å². The van der Waals surface area contributed by atoms with Crippen molar-refractivity contribution in [2.24, 2.45) is 0 Å². The molecule has 0 amide bonds. The average Bonchev–Trinajstić information content (AvgIpc) is 2.63. The van der Waals surface area contributed by atoms with Crippen LogP contribution < -0.4 is 10.1 Å². The van der Waals surface area contributed by atoms with Gasteiger partial charge in [0.1, 0.15) is 12.4 Å². The van der Waals surface area contributed by atoms with E-state index in [0.717, 1.165) is 24.4 Å². The minimum Gasteiger partial charge on any atom is -0.489 e. The normalized spacial score (nSPS) is 10.3. The number of rotatable bonds is 7. The van der Waals surface area contributed by atoms with Gasteiger partial charge in [0.05, 0.1) is 0 Å². The van der Waals surface area contributed by atoms with Gasteiger partial charge < -0.3 is 10.1 Å². The second kappa shape index (κ2) is 7.99. The summed E-state index contributed by atoms with van der Waals surface area (Å²) in [5.41, 5.74) is 3.56. The topological polar surface area (TPSA) is 34.1 Å². The number of pyridine rings is 1. The van der Waals surface area contributed by atoms with Crippen LogP contribution in [0.1, 0.15) is 11.1 Å². The standard InChI is InChI=1S/C20H20N2O/c1-2-4-18(5-3-1)16-23-20-8-6-19(7-9-20)22-15-12-17-10-13-21-14-11-17/h1-11,13-14,22H,12,15-16H2. The Balaban J connectivity index is 1.45. The minimum atomic E-state index is 0.593. The lowest BCUT2D eigenvalue weighted by molar-refractivity contribution is 0.306. The molecule has 0 radical (unpaired) electrons. The van der Waals surface area contributed by atoms with Crippen molar-refractivity contribution in [3.8, 4) is 5.75 Å². The minimum absolute atomic E-state index is 0.593. The van der Waals surface area contributed by atoms with Crippen molar-refractivity contribution in [2.75, 3.05) is 11.9 Å². The summed E-state index contributed by atoms with van der Waals surface area (Å²) in [5.74, 6) is 0.883. The first-order valence-electron chi connectivity index (χ1n) is 7.80. The smallest absolute Gasteiger partial charge is 0.119 e. The molecule has 0 fully saturated rings. The Hall–Kier alpha value is -2.81. The molecule has 1 heterocycles. The molecule has 3 nitrogen and oxygen atoms in total. The Kier molecular flexibility index (Phi) is 5.25. The summed E-state index contributed by atoms with van der Waals surface area (Å²) in [4.78, 5) is 4.03. The summed E-state index contributed by atoms with van der Waals surface area (Å²) in [5, 5.41) is 3.42. The molecule has 1 aromatic heterocycles. The van der Waals surface area contributed by atoms with E-state index in [2.05, 4.69) is 22.4 Å². The third-order valence-electron chi connectivity index (χ3n) is 3.59. The Labute approximate surface area is 137 Å². The van der Waals surface area contributed by atoms with Crippen LogP contribution in [0.2, 0.25) is 0 Å². The lowest BCUT2D eigenvalue weighted by Gasteiger charge is -2.09. The predicted octanol–water partition coefficient (Wildman–Crippen LogP) is 4.32. The third kappa shape index (κ3) is 4.85. The molecule has 0 atom stereocenters. The Morgan fingerprint density at radius 1 is 0.783 bits per heavy atom. The molecule has 0 aliphatic carbocycles. The fourth-order valence-electron chi connectivity index (χ4n) is 2.31. The van der Waals surface area contributed by atoms with Crippen LogP contribution in [0.25, 0.3) is 0 Å². The zero-order valence-corrected chi connectivity index (χ0v) is 13.0. The van der Waals surface area contributed by atoms with Gasteiger partial charge in [0, 0.05) is 24.6 Å². The molecule has 3 heteroatoms. The molecule has 0 aliphatic rings. The summed E-state index contributed by atoms with van der Waals surface area (Å²) >= 11 is 0. The maximum atomic E-state index is 5.79. The first-order valence-corrected chi connectivity index (χ1v) is 7.80. The van der Waals surface area contributed by atoms with Crippen LogP contribution in [0.3, 0.4) is 0 Å². The average molecular weight is 304 g/mol. The van der Waals surface area contributed by atoms with E-state index in [9.17, 15) is 0 Å². The van der Waals surface area contributed by atoms with Gasteiger partial charge in [-0.3, -0.25) is 4.98 Å². The van der Waals surface area contributed by atoms with Crippen molar-refractivity contribution in [1.29, 1.82) is 0 Å². The highest BCUT2D eigenvalue weighted by molar-refractivity contribution is 5.46. The largest absolute Gasteiger partial charge is 0.489 e. The zero-order chi connectivity index (χ0) is 15.7. The van der Waals surface area contributed by atoms with Crippen LogP contribution in [-0.2, 0) is 13.0 Å². The Morgan fingerprint density at radius 2 is 1.52 bits per heavy atom. The maximum Gasteiger partial charge on any atom is 0.119 e. The lowest BCUT2D eigenvalue weighted by Crippen LogP contribution is -2.04. The number of aromatic nitrogens is 1. The van der Waals surface area contributed by atoms with Crippen molar-refractivity contribution >= 4 is 5.69 Å². The summed E-state index contributed by atoms with van der Waals surface area (Å²) in [6.07, 6.45) is 4.64. The highest BCUT2D eigenvalue weighted by Gasteiger charge is 1.97. The van der Waals surface area contributed by atoms with Gasteiger partial charge in [-0.15, -0.1) is 0 Å². The number of anilines is 1. The zero-order valence-electron chi connectivity index (χ0n) is 13.0. The molecule has 0 saturated heterocycles. The lowest BCUT2D eigenvalue weighted by atomic mass is 10.2. The molecule has 0 bridgehead atoms. The Morgan fingerprint density at radius 3 is 2.26 bits per heavy atom. The third-order valence-corrected chi connectivity index (χ3v) is 3.59. The highest BCUT2D eigenvalue weighted by Crippen LogP contribution is 2.17. The number of nitrogens with zero attached hydrogens (tertiary/aromatic N) is 1. The Bertz CT molecular complexity index is 697. The van der Waals surface area contributed by atoms with Crippen molar-refractivity contribution in [1.82, 2.24) is 4.98 Å². The molecule has 23 heavy (non-hydrogen) atoms. The first kappa shape index (κ1) is 15.1. The molecule has 3 rings (SSSR count). The van der Waals surface area contributed by atoms with Crippen LogP contribution in [-0.4, -0.2) is 11.5 Å². The first-order chi connectivity index (χ1) is 11.4. The molecule has 3 aromatic rings. The van der Waals surface area contributed by atoms with Crippen LogP contribution in [0.15, 0.2) is 79.1 Å². The van der Waals surface area contributed by atoms with Gasteiger partial charge in [-0.25, -0.2) is 0 Å². The van der Waals surface area contributed by atoms with Crippen LogP contribution in [0.4, 0.5) is 5.69 Å². The number of nitrogens with one attached hydrogen (secondary N) is 1. The van der Waals surface area contributed by atoms with Gasteiger partial charge in [-0.05, 0) is 53.9 Å². The molecule has 116 valence electrons. The molecule has 2 aromatic carbocycles. The quantitative estimate of drug-likeness (QED) is 0.706. The van der Waals surface area contributed by atoms with Gasteiger partial charge in [0.15, 0.2) is 0 Å². The van der Waals surface area contributed by atoms with E-state index in [1.165, 1.54) is 11.1 Å². The molecule has 0 aliphatic heterocycles. The molecule has 0 unspecified atom stereocenters. The summed E-state index contributed by atoms with van der Waals surface area (Å²) < 4.78 is 5.79. The van der Waals surface area contributed by atoms with Gasteiger partial charge in [0.25, 0.3) is 0 Å². The van der Waals surface area contributed by atoms with E-state index >= 15 is 0 Å². The van der Waals surface area contributed by atoms with Gasteiger partial charge in [-0.2, -0.15) is 0 Å². The van der Waals surface area contributed by atoms with Crippen molar-refractivity contribution in [3.63, 3.8) is 0 Å². The predicted molar refractivity (Wildman–Crippen MR) is 93.6 cm³/mol. The van der Waals surface area contributed by atoms with Crippen molar-refractivity contribution < 1.29 is 4.74 Å². The number of benzene rings is 2. The fourth-order valence-corrected chi connectivity index (χ4v) is 2.31. The van der Waals surface area contributed by atoms with E-state index in [4.69, 9.17) is 4.74 Å². The summed E-state index contributed by atoms with van der Waals surface area (Å²) in [6.45, 7) is 1.49. The SMILES string of the molecule is c1ccc(COc2ccc(NCCc3ccncc3)cc2)cc1. The molecular weight excluding hydrogens is 284 g/mol.